The predicted molar refractivity (Wildman–Crippen MR) is 68.3 cm³/mol. The molecule has 1 aromatic carbocycles. The van der Waals surface area contributed by atoms with Gasteiger partial charge in [-0.1, -0.05) is 35.9 Å². The van der Waals surface area contributed by atoms with E-state index in [9.17, 15) is 0 Å². The highest BCUT2D eigenvalue weighted by molar-refractivity contribution is 5.22. The SMILES string of the molecule is COCc1cccc(CNCC=C(C)C)c1. The van der Waals surface area contributed by atoms with Crippen molar-refractivity contribution < 1.29 is 4.74 Å². The molecule has 0 amide bonds. The Morgan fingerprint density at radius 2 is 2.06 bits per heavy atom. The van der Waals surface area contributed by atoms with Crippen molar-refractivity contribution in [3.8, 4) is 0 Å². The van der Waals surface area contributed by atoms with E-state index in [1.807, 2.05) is 0 Å². The van der Waals surface area contributed by atoms with Crippen LogP contribution in [0.5, 0.6) is 0 Å². The molecule has 1 aromatic rings. The Kier molecular flexibility index (Phi) is 5.83. The number of ether oxygens (including phenoxy) is 1. The van der Waals surface area contributed by atoms with Gasteiger partial charge < -0.3 is 10.1 Å². The second-order valence-electron chi connectivity index (χ2n) is 4.17. The monoisotopic (exact) mass is 219 g/mol. The largest absolute Gasteiger partial charge is 0.380 e. The van der Waals surface area contributed by atoms with Gasteiger partial charge in [0, 0.05) is 20.2 Å². The van der Waals surface area contributed by atoms with Gasteiger partial charge in [0.15, 0.2) is 0 Å². The zero-order valence-electron chi connectivity index (χ0n) is 10.4. The van der Waals surface area contributed by atoms with Gasteiger partial charge in [-0.25, -0.2) is 0 Å². The molecule has 0 spiro atoms. The fourth-order valence-corrected chi connectivity index (χ4v) is 1.49. The molecule has 1 rings (SSSR count). The molecule has 0 fully saturated rings. The first-order valence-electron chi connectivity index (χ1n) is 5.63. The highest BCUT2D eigenvalue weighted by atomic mass is 16.5. The molecule has 1 N–H and O–H groups in total. The molecule has 0 radical (unpaired) electrons. The first kappa shape index (κ1) is 12.9. The highest BCUT2D eigenvalue weighted by Crippen LogP contribution is 2.06. The lowest BCUT2D eigenvalue weighted by Crippen LogP contribution is -2.13. The van der Waals surface area contributed by atoms with Crippen molar-refractivity contribution in [2.24, 2.45) is 0 Å². The fraction of sp³-hybridized carbons (Fsp3) is 0.429. The molecule has 0 aliphatic rings. The van der Waals surface area contributed by atoms with E-state index in [4.69, 9.17) is 4.74 Å². The minimum atomic E-state index is 0.682. The van der Waals surface area contributed by atoms with Crippen molar-refractivity contribution in [3.63, 3.8) is 0 Å². The van der Waals surface area contributed by atoms with Crippen molar-refractivity contribution in [2.75, 3.05) is 13.7 Å². The van der Waals surface area contributed by atoms with Crippen LogP contribution in [0.2, 0.25) is 0 Å². The lowest BCUT2D eigenvalue weighted by Gasteiger charge is -2.05. The van der Waals surface area contributed by atoms with Crippen molar-refractivity contribution >= 4 is 0 Å². The molecule has 0 aliphatic carbocycles. The molecule has 2 nitrogen and oxygen atoms in total. The summed E-state index contributed by atoms with van der Waals surface area (Å²) in [6.45, 7) is 6.74. The Hall–Kier alpha value is -1.12. The van der Waals surface area contributed by atoms with E-state index in [1.54, 1.807) is 7.11 Å². The Labute approximate surface area is 98.3 Å². The van der Waals surface area contributed by atoms with Crippen LogP contribution in [0.3, 0.4) is 0 Å². The van der Waals surface area contributed by atoms with Gasteiger partial charge in [0.2, 0.25) is 0 Å². The summed E-state index contributed by atoms with van der Waals surface area (Å²) in [6, 6.07) is 8.48. The molecule has 0 saturated carbocycles. The van der Waals surface area contributed by atoms with E-state index in [0.29, 0.717) is 6.61 Å². The zero-order chi connectivity index (χ0) is 11.8. The summed E-state index contributed by atoms with van der Waals surface area (Å²) in [7, 11) is 1.72. The Morgan fingerprint density at radius 3 is 2.75 bits per heavy atom. The van der Waals surface area contributed by atoms with E-state index in [1.165, 1.54) is 16.7 Å². The maximum absolute atomic E-state index is 5.11. The summed E-state index contributed by atoms with van der Waals surface area (Å²) in [5.74, 6) is 0. The van der Waals surface area contributed by atoms with Crippen molar-refractivity contribution in [2.45, 2.75) is 27.0 Å². The van der Waals surface area contributed by atoms with Gasteiger partial charge >= 0.3 is 0 Å². The number of methoxy groups -OCH3 is 1. The lowest BCUT2D eigenvalue weighted by atomic mass is 10.1. The van der Waals surface area contributed by atoms with Crippen LogP contribution in [-0.4, -0.2) is 13.7 Å². The molecule has 0 unspecified atom stereocenters. The summed E-state index contributed by atoms with van der Waals surface area (Å²) in [6.07, 6.45) is 2.19. The maximum Gasteiger partial charge on any atom is 0.0713 e. The number of benzene rings is 1. The van der Waals surface area contributed by atoms with Crippen LogP contribution in [0.1, 0.15) is 25.0 Å². The van der Waals surface area contributed by atoms with Crippen LogP contribution < -0.4 is 5.32 Å². The van der Waals surface area contributed by atoms with Gasteiger partial charge in [-0.3, -0.25) is 0 Å². The van der Waals surface area contributed by atoms with E-state index < -0.39 is 0 Å². The molecule has 0 bridgehead atoms. The number of rotatable bonds is 6. The third-order valence-electron chi connectivity index (χ3n) is 2.29. The molecule has 88 valence electrons. The second-order valence-corrected chi connectivity index (χ2v) is 4.17. The van der Waals surface area contributed by atoms with Gasteiger partial charge in [0.25, 0.3) is 0 Å². The molecule has 0 aliphatic heterocycles. The normalized spacial score (nSPS) is 10.2. The summed E-state index contributed by atoms with van der Waals surface area (Å²) >= 11 is 0. The molecule has 0 heterocycles. The van der Waals surface area contributed by atoms with Crippen LogP contribution in [0.25, 0.3) is 0 Å². The summed E-state index contributed by atoms with van der Waals surface area (Å²) in [5, 5.41) is 3.39. The van der Waals surface area contributed by atoms with Crippen LogP contribution in [0.4, 0.5) is 0 Å². The van der Waals surface area contributed by atoms with Crippen molar-refractivity contribution in [1.29, 1.82) is 0 Å². The first-order valence-corrected chi connectivity index (χ1v) is 5.63. The van der Waals surface area contributed by atoms with Gasteiger partial charge in [0.05, 0.1) is 6.61 Å². The average molecular weight is 219 g/mol. The molecule has 0 aromatic heterocycles. The number of hydrogen-bond donors (Lipinski definition) is 1. The maximum atomic E-state index is 5.11. The van der Waals surface area contributed by atoms with Crippen LogP contribution in [0.15, 0.2) is 35.9 Å². The third kappa shape index (κ3) is 5.10. The minimum Gasteiger partial charge on any atom is -0.380 e. The molecule has 0 atom stereocenters. The van der Waals surface area contributed by atoms with Gasteiger partial charge in [0.1, 0.15) is 0 Å². The highest BCUT2D eigenvalue weighted by Gasteiger charge is 1.95. The van der Waals surface area contributed by atoms with E-state index in [2.05, 4.69) is 49.5 Å². The van der Waals surface area contributed by atoms with Crippen molar-refractivity contribution in [3.05, 3.63) is 47.0 Å². The van der Waals surface area contributed by atoms with Gasteiger partial charge in [-0.15, -0.1) is 0 Å². The summed E-state index contributed by atoms with van der Waals surface area (Å²) in [5.41, 5.74) is 3.88. The molecule has 0 saturated heterocycles. The summed E-state index contributed by atoms with van der Waals surface area (Å²) in [4.78, 5) is 0. The molecule has 2 heteroatoms. The topological polar surface area (TPSA) is 21.3 Å². The van der Waals surface area contributed by atoms with E-state index in [-0.39, 0.29) is 0 Å². The van der Waals surface area contributed by atoms with E-state index in [0.717, 1.165) is 13.1 Å². The van der Waals surface area contributed by atoms with Crippen LogP contribution in [0, 0.1) is 0 Å². The quantitative estimate of drug-likeness (QED) is 0.587. The Bertz CT molecular complexity index is 340. The predicted octanol–water partition coefficient (Wildman–Crippen LogP) is 2.89. The molecular formula is C14H21NO. The number of hydrogen-bond acceptors (Lipinski definition) is 2. The Balaban J connectivity index is 2.41. The van der Waals surface area contributed by atoms with Crippen molar-refractivity contribution in [1.82, 2.24) is 5.32 Å². The third-order valence-corrected chi connectivity index (χ3v) is 2.29. The smallest absolute Gasteiger partial charge is 0.0713 e. The number of allylic oxidation sites excluding steroid dienone is 1. The van der Waals surface area contributed by atoms with Gasteiger partial charge in [-0.05, 0) is 25.0 Å². The summed E-state index contributed by atoms with van der Waals surface area (Å²) < 4.78 is 5.11. The zero-order valence-corrected chi connectivity index (χ0v) is 10.4. The lowest BCUT2D eigenvalue weighted by molar-refractivity contribution is 0.185. The Morgan fingerprint density at radius 1 is 1.31 bits per heavy atom. The average Bonchev–Trinajstić information content (AvgIpc) is 2.25. The van der Waals surface area contributed by atoms with E-state index >= 15 is 0 Å². The molecular weight excluding hydrogens is 198 g/mol. The number of nitrogens with one attached hydrogen (secondary N) is 1. The fourth-order valence-electron chi connectivity index (χ4n) is 1.49. The minimum absolute atomic E-state index is 0.682. The van der Waals surface area contributed by atoms with Crippen LogP contribution >= 0.6 is 0 Å². The van der Waals surface area contributed by atoms with Crippen LogP contribution in [-0.2, 0) is 17.9 Å². The first-order chi connectivity index (χ1) is 7.72. The van der Waals surface area contributed by atoms with Gasteiger partial charge in [-0.2, -0.15) is 0 Å². The molecule has 16 heavy (non-hydrogen) atoms. The standard InChI is InChI=1S/C14H21NO/c1-12(2)7-8-15-10-13-5-4-6-14(9-13)11-16-3/h4-7,9,15H,8,10-11H2,1-3H3. The second kappa shape index (κ2) is 7.20.